The molecule has 0 radical (unpaired) electrons. The number of carboxylic acids is 1. The summed E-state index contributed by atoms with van der Waals surface area (Å²) in [4.78, 5) is 10.6. The quantitative estimate of drug-likeness (QED) is 0.662. The number of para-hydroxylation sites is 1. The SMILES string of the molecule is C/C(=C\Oc1ccc(Oc2ccccc2)cc1)C(=O)O. The van der Waals surface area contributed by atoms with Gasteiger partial charge in [-0.2, -0.15) is 0 Å². The van der Waals surface area contributed by atoms with E-state index in [1.165, 1.54) is 13.2 Å². The number of carbonyl (C=O) groups is 1. The fraction of sp³-hybridized carbons (Fsp3) is 0.0625. The zero-order valence-corrected chi connectivity index (χ0v) is 10.9. The number of hydrogen-bond acceptors (Lipinski definition) is 3. The second-order valence-electron chi connectivity index (χ2n) is 4.11. The van der Waals surface area contributed by atoms with Gasteiger partial charge in [0.2, 0.25) is 0 Å². The van der Waals surface area contributed by atoms with Crippen LogP contribution in [0.4, 0.5) is 0 Å². The lowest BCUT2D eigenvalue weighted by Crippen LogP contribution is -1.98. The summed E-state index contributed by atoms with van der Waals surface area (Å²) in [6.45, 7) is 1.47. The van der Waals surface area contributed by atoms with E-state index in [4.69, 9.17) is 14.6 Å². The van der Waals surface area contributed by atoms with Gasteiger partial charge in [0.05, 0.1) is 5.57 Å². The maximum atomic E-state index is 10.6. The molecule has 0 aliphatic carbocycles. The Bertz CT molecular complexity index is 600. The molecule has 0 bridgehead atoms. The van der Waals surface area contributed by atoms with E-state index in [-0.39, 0.29) is 5.57 Å². The maximum absolute atomic E-state index is 10.6. The van der Waals surface area contributed by atoms with Crippen molar-refractivity contribution >= 4 is 5.97 Å². The minimum absolute atomic E-state index is 0.134. The largest absolute Gasteiger partial charge is 0.478 e. The first-order chi connectivity index (χ1) is 9.65. The van der Waals surface area contributed by atoms with Crippen LogP contribution >= 0.6 is 0 Å². The molecule has 2 rings (SSSR count). The highest BCUT2D eigenvalue weighted by Crippen LogP contribution is 2.23. The number of ether oxygens (including phenoxy) is 2. The Hall–Kier alpha value is -2.75. The summed E-state index contributed by atoms with van der Waals surface area (Å²) >= 11 is 0. The molecule has 0 saturated heterocycles. The Morgan fingerprint density at radius 1 is 0.950 bits per heavy atom. The smallest absolute Gasteiger partial charge is 0.334 e. The summed E-state index contributed by atoms with van der Waals surface area (Å²) in [5.41, 5.74) is 0.134. The molecule has 4 nitrogen and oxygen atoms in total. The van der Waals surface area contributed by atoms with Crippen molar-refractivity contribution in [1.29, 1.82) is 0 Å². The average molecular weight is 270 g/mol. The van der Waals surface area contributed by atoms with Crippen molar-refractivity contribution in [1.82, 2.24) is 0 Å². The van der Waals surface area contributed by atoms with Crippen LogP contribution in [0.25, 0.3) is 0 Å². The van der Waals surface area contributed by atoms with Crippen LogP contribution in [0.1, 0.15) is 6.92 Å². The maximum Gasteiger partial charge on any atom is 0.334 e. The first-order valence-electron chi connectivity index (χ1n) is 6.05. The van der Waals surface area contributed by atoms with E-state index < -0.39 is 5.97 Å². The number of benzene rings is 2. The van der Waals surface area contributed by atoms with E-state index in [1.54, 1.807) is 24.3 Å². The minimum atomic E-state index is -1.01. The lowest BCUT2D eigenvalue weighted by Gasteiger charge is -2.06. The molecule has 1 N–H and O–H groups in total. The topological polar surface area (TPSA) is 55.8 Å². The zero-order valence-electron chi connectivity index (χ0n) is 10.9. The van der Waals surface area contributed by atoms with Crippen LogP contribution in [-0.2, 0) is 4.79 Å². The summed E-state index contributed by atoms with van der Waals surface area (Å²) in [6, 6.07) is 16.4. The molecule has 0 saturated carbocycles. The van der Waals surface area contributed by atoms with Gasteiger partial charge in [0.25, 0.3) is 0 Å². The molecule has 0 atom stereocenters. The van der Waals surface area contributed by atoms with Gasteiger partial charge in [0.15, 0.2) is 0 Å². The standard InChI is InChI=1S/C16H14O4/c1-12(16(17)18)11-19-13-7-9-15(10-8-13)20-14-5-3-2-4-6-14/h2-11H,1H3,(H,17,18)/b12-11+. The summed E-state index contributed by atoms with van der Waals surface area (Å²) in [5.74, 6) is 0.977. The van der Waals surface area contributed by atoms with Gasteiger partial charge in [0, 0.05) is 0 Å². The Labute approximate surface area is 116 Å². The van der Waals surface area contributed by atoms with Crippen LogP contribution < -0.4 is 9.47 Å². The van der Waals surface area contributed by atoms with Crippen molar-refractivity contribution < 1.29 is 19.4 Å². The lowest BCUT2D eigenvalue weighted by molar-refractivity contribution is -0.132. The number of carboxylic acid groups (broad SMARTS) is 1. The van der Waals surface area contributed by atoms with Crippen LogP contribution in [0, 0.1) is 0 Å². The molecule has 20 heavy (non-hydrogen) atoms. The van der Waals surface area contributed by atoms with Gasteiger partial charge in [-0.3, -0.25) is 0 Å². The van der Waals surface area contributed by atoms with Gasteiger partial charge in [-0.25, -0.2) is 4.79 Å². The van der Waals surface area contributed by atoms with Crippen molar-refractivity contribution in [3.8, 4) is 17.2 Å². The predicted molar refractivity (Wildman–Crippen MR) is 75.0 cm³/mol. The van der Waals surface area contributed by atoms with E-state index in [1.807, 2.05) is 30.3 Å². The van der Waals surface area contributed by atoms with Crippen LogP contribution in [0.2, 0.25) is 0 Å². The minimum Gasteiger partial charge on any atom is -0.478 e. The summed E-state index contributed by atoms with van der Waals surface area (Å²) in [6.07, 6.45) is 1.20. The Morgan fingerprint density at radius 3 is 2.10 bits per heavy atom. The van der Waals surface area contributed by atoms with E-state index in [9.17, 15) is 4.79 Å². The molecule has 0 aliphatic heterocycles. The van der Waals surface area contributed by atoms with Gasteiger partial charge < -0.3 is 14.6 Å². The highest BCUT2D eigenvalue weighted by Gasteiger charge is 2.01. The second kappa shape index (κ2) is 6.43. The Morgan fingerprint density at radius 2 is 1.50 bits per heavy atom. The van der Waals surface area contributed by atoms with Gasteiger partial charge in [-0.15, -0.1) is 0 Å². The third-order valence-corrected chi connectivity index (χ3v) is 2.51. The molecular weight excluding hydrogens is 256 g/mol. The molecule has 0 aromatic heterocycles. The third kappa shape index (κ3) is 3.88. The van der Waals surface area contributed by atoms with Crippen molar-refractivity contribution in [3.63, 3.8) is 0 Å². The average Bonchev–Trinajstić information content (AvgIpc) is 2.47. The first-order valence-corrected chi connectivity index (χ1v) is 6.05. The molecule has 2 aromatic rings. The van der Waals surface area contributed by atoms with Gasteiger partial charge in [-0.1, -0.05) is 18.2 Å². The molecule has 102 valence electrons. The summed E-state index contributed by atoms with van der Waals surface area (Å²) < 4.78 is 10.9. The normalized spacial score (nSPS) is 10.9. The van der Waals surface area contributed by atoms with Crippen LogP contribution in [0.3, 0.4) is 0 Å². The van der Waals surface area contributed by atoms with Crippen molar-refractivity contribution in [2.75, 3.05) is 0 Å². The number of rotatable bonds is 5. The molecule has 0 aliphatic rings. The highest BCUT2D eigenvalue weighted by atomic mass is 16.5. The third-order valence-electron chi connectivity index (χ3n) is 2.51. The highest BCUT2D eigenvalue weighted by molar-refractivity contribution is 5.85. The summed E-state index contributed by atoms with van der Waals surface area (Å²) in [7, 11) is 0. The first kappa shape index (κ1) is 13.7. The molecule has 0 heterocycles. The van der Waals surface area contributed by atoms with Crippen molar-refractivity contribution in [2.24, 2.45) is 0 Å². The van der Waals surface area contributed by atoms with E-state index in [2.05, 4.69) is 0 Å². The number of hydrogen-bond donors (Lipinski definition) is 1. The molecule has 0 spiro atoms. The fourth-order valence-electron chi connectivity index (χ4n) is 1.42. The fourth-order valence-corrected chi connectivity index (χ4v) is 1.42. The molecular formula is C16H14O4. The Kier molecular flexibility index (Phi) is 4.39. The van der Waals surface area contributed by atoms with Crippen LogP contribution in [0.5, 0.6) is 17.2 Å². The Balaban J connectivity index is 2.00. The number of aliphatic carboxylic acids is 1. The molecule has 0 amide bonds. The van der Waals surface area contributed by atoms with E-state index >= 15 is 0 Å². The second-order valence-corrected chi connectivity index (χ2v) is 4.11. The van der Waals surface area contributed by atoms with Gasteiger partial charge >= 0.3 is 5.97 Å². The van der Waals surface area contributed by atoms with Gasteiger partial charge in [0.1, 0.15) is 23.5 Å². The monoisotopic (exact) mass is 270 g/mol. The summed E-state index contributed by atoms with van der Waals surface area (Å²) in [5, 5.41) is 8.70. The van der Waals surface area contributed by atoms with Crippen LogP contribution in [0.15, 0.2) is 66.4 Å². The lowest BCUT2D eigenvalue weighted by atomic mass is 10.3. The van der Waals surface area contributed by atoms with Crippen molar-refractivity contribution in [3.05, 3.63) is 66.4 Å². The van der Waals surface area contributed by atoms with Gasteiger partial charge in [-0.05, 0) is 43.3 Å². The molecule has 4 heteroatoms. The van der Waals surface area contributed by atoms with Crippen LogP contribution in [-0.4, -0.2) is 11.1 Å². The molecule has 0 fully saturated rings. The molecule has 2 aromatic carbocycles. The van der Waals surface area contributed by atoms with Crippen molar-refractivity contribution in [2.45, 2.75) is 6.92 Å². The predicted octanol–water partition coefficient (Wildman–Crippen LogP) is 3.85. The van der Waals surface area contributed by atoms with E-state index in [0.29, 0.717) is 11.5 Å². The zero-order chi connectivity index (χ0) is 14.4. The molecule has 0 unspecified atom stereocenters. The van der Waals surface area contributed by atoms with E-state index in [0.717, 1.165) is 5.75 Å².